The number of nitrogens with one attached hydrogen (secondary N) is 1. The lowest BCUT2D eigenvalue weighted by Gasteiger charge is -2.10. The summed E-state index contributed by atoms with van der Waals surface area (Å²) in [6.07, 6.45) is 0.281. The standard InChI is InChI=1S/C12H14N2O2/c1-8-7-10(3-4-11(8)15)12(16)14-9(2)5-6-13/h3-4,7,9,15H,5H2,1-2H3,(H,14,16). The van der Waals surface area contributed by atoms with E-state index >= 15 is 0 Å². The van der Waals surface area contributed by atoms with Crippen LogP contribution < -0.4 is 5.32 Å². The van der Waals surface area contributed by atoms with E-state index in [4.69, 9.17) is 5.26 Å². The summed E-state index contributed by atoms with van der Waals surface area (Å²) >= 11 is 0. The molecule has 0 aliphatic heterocycles. The Morgan fingerprint density at radius 3 is 2.88 bits per heavy atom. The highest BCUT2D eigenvalue weighted by Gasteiger charge is 2.10. The molecule has 0 aliphatic carbocycles. The number of phenolic OH excluding ortho intramolecular Hbond substituents is 1. The summed E-state index contributed by atoms with van der Waals surface area (Å²) in [5.74, 6) is -0.0625. The summed E-state index contributed by atoms with van der Waals surface area (Å²) in [6.45, 7) is 3.50. The van der Waals surface area contributed by atoms with Crippen LogP contribution in [0.15, 0.2) is 18.2 Å². The third kappa shape index (κ3) is 2.99. The molecule has 16 heavy (non-hydrogen) atoms. The van der Waals surface area contributed by atoms with Crippen molar-refractivity contribution in [3.63, 3.8) is 0 Å². The van der Waals surface area contributed by atoms with E-state index in [0.717, 1.165) is 0 Å². The largest absolute Gasteiger partial charge is 0.508 e. The molecule has 0 saturated heterocycles. The minimum atomic E-state index is -0.231. The van der Waals surface area contributed by atoms with Crippen molar-refractivity contribution >= 4 is 5.91 Å². The Morgan fingerprint density at radius 1 is 1.62 bits per heavy atom. The van der Waals surface area contributed by atoms with Crippen LogP contribution in [0.2, 0.25) is 0 Å². The molecule has 2 N–H and O–H groups in total. The van der Waals surface area contributed by atoms with Crippen LogP contribution >= 0.6 is 0 Å². The zero-order chi connectivity index (χ0) is 12.1. The molecule has 84 valence electrons. The lowest BCUT2D eigenvalue weighted by molar-refractivity contribution is 0.0940. The average molecular weight is 218 g/mol. The molecule has 0 saturated carbocycles. The van der Waals surface area contributed by atoms with Crippen molar-refractivity contribution in [2.75, 3.05) is 0 Å². The van der Waals surface area contributed by atoms with Gasteiger partial charge in [0.25, 0.3) is 5.91 Å². The molecule has 0 heterocycles. The number of hydrogen-bond acceptors (Lipinski definition) is 3. The highest BCUT2D eigenvalue weighted by molar-refractivity contribution is 5.94. The smallest absolute Gasteiger partial charge is 0.251 e. The van der Waals surface area contributed by atoms with Gasteiger partial charge in [0, 0.05) is 11.6 Å². The van der Waals surface area contributed by atoms with Gasteiger partial charge in [-0.05, 0) is 37.6 Å². The number of carbonyl (C=O) groups is 1. The Balaban J connectivity index is 2.74. The van der Waals surface area contributed by atoms with Gasteiger partial charge in [-0.1, -0.05) is 0 Å². The van der Waals surface area contributed by atoms with Gasteiger partial charge in [-0.25, -0.2) is 0 Å². The van der Waals surface area contributed by atoms with Crippen molar-refractivity contribution in [2.24, 2.45) is 0 Å². The van der Waals surface area contributed by atoms with Crippen LogP contribution in [0.4, 0.5) is 0 Å². The zero-order valence-corrected chi connectivity index (χ0v) is 9.32. The van der Waals surface area contributed by atoms with Gasteiger partial charge in [0.2, 0.25) is 0 Å². The van der Waals surface area contributed by atoms with Crippen molar-refractivity contribution in [1.29, 1.82) is 5.26 Å². The molecule has 4 heteroatoms. The molecule has 0 aliphatic rings. The normalized spacial score (nSPS) is 11.6. The summed E-state index contributed by atoms with van der Waals surface area (Å²) in [7, 11) is 0. The maximum absolute atomic E-state index is 11.7. The molecule has 1 atom stereocenters. The maximum atomic E-state index is 11.7. The highest BCUT2D eigenvalue weighted by atomic mass is 16.3. The van der Waals surface area contributed by atoms with Gasteiger partial charge in [-0.15, -0.1) is 0 Å². The first-order valence-corrected chi connectivity index (χ1v) is 5.02. The topological polar surface area (TPSA) is 73.1 Å². The number of amides is 1. The van der Waals surface area contributed by atoms with Crippen LogP contribution in [0, 0.1) is 18.3 Å². The van der Waals surface area contributed by atoms with E-state index in [9.17, 15) is 9.90 Å². The summed E-state index contributed by atoms with van der Waals surface area (Å²) in [5, 5.41) is 20.5. The molecule has 1 amide bonds. The van der Waals surface area contributed by atoms with Crippen LogP contribution in [0.3, 0.4) is 0 Å². The predicted octanol–water partition coefficient (Wildman–Crippen LogP) is 1.73. The van der Waals surface area contributed by atoms with Gasteiger partial charge in [0.15, 0.2) is 0 Å². The van der Waals surface area contributed by atoms with Crippen LogP contribution in [-0.4, -0.2) is 17.1 Å². The van der Waals surface area contributed by atoms with Crippen molar-refractivity contribution in [3.05, 3.63) is 29.3 Å². The predicted molar refractivity (Wildman–Crippen MR) is 60.0 cm³/mol. The molecule has 0 spiro atoms. The number of carbonyl (C=O) groups excluding carboxylic acids is 1. The first-order valence-electron chi connectivity index (χ1n) is 5.02. The molecule has 0 aromatic heterocycles. The second kappa shape index (κ2) is 5.17. The minimum Gasteiger partial charge on any atom is -0.508 e. The van der Waals surface area contributed by atoms with Crippen LogP contribution in [0.5, 0.6) is 5.75 Å². The number of aryl methyl sites for hydroxylation is 1. The third-order valence-corrected chi connectivity index (χ3v) is 2.23. The Kier molecular flexibility index (Phi) is 3.90. The highest BCUT2D eigenvalue weighted by Crippen LogP contribution is 2.16. The molecule has 1 aromatic rings. The molecule has 0 fully saturated rings. The summed E-state index contributed by atoms with van der Waals surface area (Å²) in [5.41, 5.74) is 1.14. The van der Waals surface area contributed by atoms with Gasteiger partial charge in [0.1, 0.15) is 5.75 Å². The number of rotatable bonds is 3. The number of hydrogen-bond donors (Lipinski definition) is 2. The third-order valence-electron chi connectivity index (χ3n) is 2.23. The minimum absolute atomic E-state index is 0.168. The van der Waals surface area contributed by atoms with Gasteiger partial charge < -0.3 is 10.4 Å². The molecule has 0 bridgehead atoms. The van der Waals surface area contributed by atoms with Crippen molar-refractivity contribution in [1.82, 2.24) is 5.32 Å². The lowest BCUT2D eigenvalue weighted by atomic mass is 10.1. The number of benzene rings is 1. The van der Waals surface area contributed by atoms with E-state index in [1.54, 1.807) is 26.0 Å². The fourth-order valence-corrected chi connectivity index (χ4v) is 1.29. The molecule has 4 nitrogen and oxygen atoms in total. The van der Waals surface area contributed by atoms with E-state index in [-0.39, 0.29) is 24.1 Å². The maximum Gasteiger partial charge on any atom is 0.251 e. The van der Waals surface area contributed by atoms with Crippen LogP contribution in [0.25, 0.3) is 0 Å². The summed E-state index contributed by atoms with van der Waals surface area (Å²) in [4.78, 5) is 11.7. The Morgan fingerprint density at radius 2 is 2.31 bits per heavy atom. The summed E-state index contributed by atoms with van der Waals surface area (Å²) in [6, 6.07) is 6.47. The van der Waals surface area contributed by atoms with Crippen LogP contribution in [-0.2, 0) is 0 Å². The number of aromatic hydroxyl groups is 1. The quantitative estimate of drug-likeness (QED) is 0.811. The zero-order valence-electron chi connectivity index (χ0n) is 9.32. The fraction of sp³-hybridized carbons (Fsp3) is 0.333. The first kappa shape index (κ1) is 12.1. The SMILES string of the molecule is Cc1cc(C(=O)NC(C)CC#N)ccc1O. The lowest BCUT2D eigenvalue weighted by Crippen LogP contribution is -2.32. The fourth-order valence-electron chi connectivity index (χ4n) is 1.29. The molecule has 1 rings (SSSR count). The van der Waals surface area contributed by atoms with Crippen molar-refractivity contribution < 1.29 is 9.90 Å². The Labute approximate surface area is 94.5 Å². The second-order valence-electron chi connectivity index (χ2n) is 3.74. The molecule has 0 radical (unpaired) electrons. The van der Waals surface area contributed by atoms with Gasteiger partial charge in [-0.3, -0.25) is 4.79 Å². The summed E-state index contributed by atoms with van der Waals surface area (Å²) < 4.78 is 0. The number of nitrogens with zero attached hydrogens (tertiary/aromatic N) is 1. The number of nitriles is 1. The molecule has 1 unspecified atom stereocenters. The van der Waals surface area contributed by atoms with Crippen LogP contribution in [0.1, 0.15) is 29.3 Å². The van der Waals surface area contributed by atoms with Gasteiger partial charge in [-0.2, -0.15) is 5.26 Å². The number of phenols is 1. The Bertz CT molecular complexity index is 435. The van der Waals surface area contributed by atoms with Gasteiger partial charge in [0.05, 0.1) is 12.5 Å². The average Bonchev–Trinajstić information content (AvgIpc) is 2.22. The second-order valence-corrected chi connectivity index (χ2v) is 3.74. The molecular weight excluding hydrogens is 204 g/mol. The van der Waals surface area contributed by atoms with Gasteiger partial charge >= 0.3 is 0 Å². The molecular formula is C12H14N2O2. The van der Waals surface area contributed by atoms with E-state index in [1.165, 1.54) is 6.07 Å². The van der Waals surface area contributed by atoms with E-state index < -0.39 is 0 Å². The van der Waals surface area contributed by atoms with Crippen molar-refractivity contribution in [2.45, 2.75) is 26.3 Å². The van der Waals surface area contributed by atoms with Crippen molar-refractivity contribution in [3.8, 4) is 11.8 Å². The first-order chi connectivity index (χ1) is 7.54. The monoisotopic (exact) mass is 218 g/mol. The van der Waals surface area contributed by atoms with E-state index in [1.807, 2.05) is 6.07 Å². The molecule has 1 aromatic carbocycles. The van der Waals surface area contributed by atoms with E-state index in [2.05, 4.69) is 5.32 Å². The Hall–Kier alpha value is -2.02. The van der Waals surface area contributed by atoms with E-state index in [0.29, 0.717) is 11.1 Å².